The van der Waals surface area contributed by atoms with Crippen molar-refractivity contribution in [1.29, 1.82) is 0 Å². The highest BCUT2D eigenvalue weighted by molar-refractivity contribution is 6.24. The highest BCUT2D eigenvalue weighted by Gasteiger charge is 2.23. The standard InChI is InChI=1S/C16H17NO3/c1-11-8-15(18)13-3-2-12(9-14(13)16(11)19)10-17-4-6-20-7-5-17/h2-3,8-9H,4-7,10H2,1H3. The summed E-state index contributed by atoms with van der Waals surface area (Å²) in [6.45, 7) is 5.80. The summed E-state index contributed by atoms with van der Waals surface area (Å²) in [5.41, 5.74) is 2.65. The van der Waals surface area contributed by atoms with Gasteiger partial charge in [-0.3, -0.25) is 14.5 Å². The molecule has 0 unspecified atom stereocenters. The Hall–Kier alpha value is -1.78. The molecule has 2 aliphatic rings. The minimum Gasteiger partial charge on any atom is -0.379 e. The van der Waals surface area contributed by atoms with Crippen LogP contribution in [0, 0.1) is 0 Å². The Kier molecular flexibility index (Phi) is 3.51. The molecular formula is C16H17NO3. The predicted molar refractivity (Wildman–Crippen MR) is 75.0 cm³/mol. The van der Waals surface area contributed by atoms with Gasteiger partial charge < -0.3 is 4.74 Å². The van der Waals surface area contributed by atoms with E-state index in [1.54, 1.807) is 13.0 Å². The fraction of sp³-hybridized carbons (Fsp3) is 0.375. The van der Waals surface area contributed by atoms with Crippen LogP contribution >= 0.6 is 0 Å². The number of allylic oxidation sites excluding steroid dienone is 2. The number of hydrogen-bond donors (Lipinski definition) is 0. The minimum absolute atomic E-state index is 0.0385. The van der Waals surface area contributed by atoms with Crippen LogP contribution in [0.2, 0.25) is 0 Å². The van der Waals surface area contributed by atoms with Crippen LogP contribution in [0.25, 0.3) is 0 Å². The summed E-state index contributed by atoms with van der Waals surface area (Å²) in [6.07, 6.45) is 1.42. The summed E-state index contributed by atoms with van der Waals surface area (Å²) >= 11 is 0. The fourth-order valence-electron chi connectivity index (χ4n) is 2.66. The maximum absolute atomic E-state index is 12.2. The zero-order valence-electron chi connectivity index (χ0n) is 11.5. The van der Waals surface area contributed by atoms with Gasteiger partial charge in [0.05, 0.1) is 13.2 Å². The largest absolute Gasteiger partial charge is 0.379 e. The van der Waals surface area contributed by atoms with Crippen molar-refractivity contribution in [3.05, 3.63) is 46.5 Å². The van der Waals surface area contributed by atoms with Gasteiger partial charge >= 0.3 is 0 Å². The van der Waals surface area contributed by atoms with Crippen molar-refractivity contribution in [2.75, 3.05) is 26.3 Å². The molecule has 1 aromatic carbocycles. The Morgan fingerprint density at radius 2 is 1.90 bits per heavy atom. The molecule has 0 N–H and O–H groups in total. The molecule has 1 aromatic rings. The molecule has 4 nitrogen and oxygen atoms in total. The number of nitrogens with zero attached hydrogens (tertiary/aromatic N) is 1. The number of carbonyl (C=O) groups is 2. The van der Waals surface area contributed by atoms with Crippen LogP contribution in [0.3, 0.4) is 0 Å². The number of ketones is 2. The molecule has 1 fully saturated rings. The second-order valence-corrected chi connectivity index (χ2v) is 5.29. The normalized spacial score (nSPS) is 19.8. The second kappa shape index (κ2) is 5.31. The van der Waals surface area contributed by atoms with Crippen molar-refractivity contribution >= 4 is 11.6 Å². The van der Waals surface area contributed by atoms with E-state index in [-0.39, 0.29) is 11.6 Å². The maximum Gasteiger partial charge on any atom is 0.189 e. The molecule has 0 atom stereocenters. The molecule has 0 amide bonds. The third-order valence-electron chi connectivity index (χ3n) is 3.81. The summed E-state index contributed by atoms with van der Waals surface area (Å²) in [5.74, 6) is -0.113. The molecule has 1 saturated heterocycles. The molecule has 0 bridgehead atoms. The first-order chi connectivity index (χ1) is 9.65. The van der Waals surface area contributed by atoms with Gasteiger partial charge in [-0.25, -0.2) is 0 Å². The van der Waals surface area contributed by atoms with Crippen LogP contribution in [-0.4, -0.2) is 42.8 Å². The zero-order chi connectivity index (χ0) is 14.1. The Balaban J connectivity index is 1.86. The predicted octanol–water partition coefficient (Wildman–Crippen LogP) is 1.84. The molecule has 3 rings (SSSR count). The van der Waals surface area contributed by atoms with Gasteiger partial charge in [-0.05, 0) is 30.7 Å². The third-order valence-corrected chi connectivity index (χ3v) is 3.81. The number of carbonyl (C=O) groups excluding carboxylic acids is 2. The van der Waals surface area contributed by atoms with Gasteiger partial charge in [0, 0.05) is 36.3 Å². The first kappa shape index (κ1) is 13.2. The average molecular weight is 271 g/mol. The SMILES string of the molecule is CC1=CC(=O)c2ccc(CN3CCOCC3)cc2C1=O. The van der Waals surface area contributed by atoms with E-state index in [4.69, 9.17) is 4.74 Å². The highest BCUT2D eigenvalue weighted by atomic mass is 16.5. The fourth-order valence-corrected chi connectivity index (χ4v) is 2.66. The van der Waals surface area contributed by atoms with E-state index in [1.165, 1.54) is 6.08 Å². The van der Waals surface area contributed by atoms with Gasteiger partial charge in [0.15, 0.2) is 11.6 Å². The monoisotopic (exact) mass is 271 g/mol. The van der Waals surface area contributed by atoms with E-state index in [0.29, 0.717) is 16.7 Å². The second-order valence-electron chi connectivity index (χ2n) is 5.29. The number of fused-ring (bicyclic) bond motifs is 1. The van der Waals surface area contributed by atoms with Gasteiger partial charge in [0.25, 0.3) is 0 Å². The van der Waals surface area contributed by atoms with Gasteiger partial charge in [0.2, 0.25) is 0 Å². The average Bonchev–Trinajstić information content (AvgIpc) is 2.46. The van der Waals surface area contributed by atoms with Gasteiger partial charge in [-0.2, -0.15) is 0 Å². The van der Waals surface area contributed by atoms with E-state index < -0.39 is 0 Å². The Morgan fingerprint density at radius 1 is 1.15 bits per heavy atom. The summed E-state index contributed by atoms with van der Waals surface area (Å²) in [4.78, 5) is 26.3. The molecule has 0 radical (unpaired) electrons. The van der Waals surface area contributed by atoms with Gasteiger partial charge in [-0.1, -0.05) is 6.07 Å². The minimum atomic E-state index is -0.0741. The first-order valence-electron chi connectivity index (χ1n) is 6.85. The van der Waals surface area contributed by atoms with Crippen LogP contribution in [0.15, 0.2) is 29.8 Å². The summed E-state index contributed by atoms with van der Waals surface area (Å²) < 4.78 is 5.33. The lowest BCUT2D eigenvalue weighted by Crippen LogP contribution is -2.35. The van der Waals surface area contributed by atoms with E-state index in [1.807, 2.05) is 12.1 Å². The number of rotatable bonds is 2. The van der Waals surface area contributed by atoms with Crippen molar-refractivity contribution in [3.8, 4) is 0 Å². The zero-order valence-corrected chi connectivity index (χ0v) is 11.5. The molecule has 0 saturated carbocycles. The molecule has 0 spiro atoms. The Morgan fingerprint density at radius 3 is 2.65 bits per heavy atom. The van der Waals surface area contributed by atoms with Crippen molar-refractivity contribution in [2.45, 2.75) is 13.5 Å². The van der Waals surface area contributed by atoms with E-state index >= 15 is 0 Å². The van der Waals surface area contributed by atoms with E-state index in [9.17, 15) is 9.59 Å². The Bertz CT molecular complexity index is 598. The number of ether oxygens (including phenoxy) is 1. The van der Waals surface area contributed by atoms with Crippen molar-refractivity contribution in [1.82, 2.24) is 4.90 Å². The van der Waals surface area contributed by atoms with Gasteiger partial charge in [0.1, 0.15) is 0 Å². The van der Waals surface area contributed by atoms with Crippen molar-refractivity contribution in [3.63, 3.8) is 0 Å². The van der Waals surface area contributed by atoms with Crippen molar-refractivity contribution < 1.29 is 14.3 Å². The smallest absolute Gasteiger partial charge is 0.189 e. The van der Waals surface area contributed by atoms with Crippen LogP contribution in [0.4, 0.5) is 0 Å². The van der Waals surface area contributed by atoms with E-state index in [2.05, 4.69) is 4.90 Å². The molecule has 4 heteroatoms. The van der Waals surface area contributed by atoms with Crippen LogP contribution in [0.5, 0.6) is 0 Å². The topological polar surface area (TPSA) is 46.6 Å². The number of benzene rings is 1. The first-order valence-corrected chi connectivity index (χ1v) is 6.85. The highest BCUT2D eigenvalue weighted by Crippen LogP contribution is 2.23. The van der Waals surface area contributed by atoms with Crippen molar-refractivity contribution in [2.24, 2.45) is 0 Å². The number of Topliss-reactive ketones (excluding diaryl/α,β-unsaturated/α-hetero) is 1. The quantitative estimate of drug-likeness (QED) is 0.823. The summed E-state index contributed by atoms with van der Waals surface area (Å²) in [5, 5.41) is 0. The van der Waals surface area contributed by atoms with Gasteiger partial charge in [-0.15, -0.1) is 0 Å². The lowest BCUT2D eigenvalue weighted by atomic mass is 9.89. The summed E-state index contributed by atoms with van der Waals surface area (Å²) in [7, 11) is 0. The molecule has 20 heavy (non-hydrogen) atoms. The Labute approximate surface area is 118 Å². The maximum atomic E-state index is 12.2. The molecule has 104 valence electrons. The van der Waals surface area contributed by atoms with Crippen LogP contribution in [-0.2, 0) is 11.3 Å². The summed E-state index contributed by atoms with van der Waals surface area (Å²) in [6, 6.07) is 5.57. The molecule has 0 aromatic heterocycles. The van der Waals surface area contributed by atoms with Crippen LogP contribution in [0.1, 0.15) is 33.2 Å². The third kappa shape index (κ3) is 2.44. The molecule has 1 aliphatic carbocycles. The lowest BCUT2D eigenvalue weighted by Gasteiger charge is -2.27. The lowest BCUT2D eigenvalue weighted by molar-refractivity contribution is 0.0342. The van der Waals surface area contributed by atoms with E-state index in [0.717, 1.165) is 38.4 Å². The number of morpholine rings is 1. The molecule has 1 aliphatic heterocycles. The number of hydrogen-bond acceptors (Lipinski definition) is 4. The molecule has 1 heterocycles. The van der Waals surface area contributed by atoms with Crippen LogP contribution < -0.4 is 0 Å². The molecular weight excluding hydrogens is 254 g/mol.